The molecule has 1 atom stereocenters. The Kier molecular flexibility index (Phi) is 5.94. The molecule has 0 aliphatic heterocycles. The molecule has 0 radical (unpaired) electrons. The van der Waals surface area contributed by atoms with Crippen molar-refractivity contribution in [3.63, 3.8) is 0 Å². The Morgan fingerprint density at radius 3 is 2.69 bits per heavy atom. The second kappa shape index (κ2) is 7.29. The highest BCUT2D eigenvalue weighted by Gasteiger charge is 2.04. The molecule has 16 heavy (non-hydrogen) atoms. The van der Waals surface area contributed by atoms with Gasteiger partial charge in [0.05, 0.1) is 0 Å². The molecule has 0 saturated heterocycles. The molecule has 1 aromatic carbocycles. The third-order valence-corrected chi connectivity index (χ3v) is 2.59. The van der Waals surface area contributed by atoms with E-state index in [2.05, 4.69) is 38.2 Å². The summed E-state index contributed by atoms with van der Waals surface area (Å²) in [4.78, 5) is 0. The van der Waals surface area contributed by atoms with E-state index in [1.807, 2.05) is 12.1 Å². The Labute approximate surface area is 99.0 Å². The van der Waals surface area contributed by atoms with Gasteiger partial charge in [0.1, 0.15) is 12.4 Å². The van der Waals surface area contributed by atoms with Gasteiger partial charge in [0.15, 0.2) is 0 Å². The Balaban J connectivity index is 2.41. The molecule has 0 spiro atoms. The molecule has 2 heteroatoms. The molecular formula is C14H23NO. The van der Waals surface area contributed by atoms with E-state index in [1.54, 1.807) is 0 Å². The molecular weight excluding hydrogens is 198 g/mol. The molecule has 0 bridgehead atoms. The van der Waals surface area contributed by atoms with Crippen molar-refractivity contribution in [1.29, 1.82) is 0 Å². The van der Waals surface area contributed by atoms with Crippen LogP contribution < -0.4 is 10.1 Å². The lowest BCUT2D eigenvalue weighted by Crippen LogP contribution is -2.32. The van der Waals surface area contributed by atoms with Gasteiger partial charge in [-0.25, -0.2) is 0 Å². The standard InChI is InChI=1S/C14H23NO/c1-4-10-15-12(3)11-16-14-9-7-6-8-13(14)5-2/h6-9,12,15H,4-5,10-11H2,1-3H3. The lowest BCUT2D eigenvalue weighted by atomic mass is 10.1. The Bertz CT molecular complexity index is 299. The maximum absolute atomic E-state index is 5.82. The van der Waals surface area contributed by atoms with Gasteiger partial charge in [0, 0.05) is 6.04 Å². The average Bonchev–Trinajstić information content (AvgIpc) is 2.34. The number of ether oxygens (including phenoxy) is 1. The van der Waals surface area contributed by atoms with Crippen LogP contribution >= 0.6 is 0 Å². The third-order valence-electron chi connectivity index (χ3n) is 2.59. The topological polar surface area (TPSA) is 21.3 Å². The minimum atomic E-state index is 0.407. The molecule has 1 N–H and O–H groups in total. The van der Waals surface area contributed by atoms with Crippen molar-refractivity contribution in [2.24, 2.45) is 0 Å². The number of para-hydroxylation sites is 1. The van der Waals surface area contributed by atoms with Gasteiger partial charge in [0.25, 0.3) is 0 Å². The lowest BCUT2D eigenvalue weighted by molar-refractivity contribution is 0.271. The summed E-state index contributed by atoms with van der Waals surface area (Å²) in [5.74, 6) is 1.02. The van der Waals surface area contributed by atoms with Crippen LogP contribution in [0.4, 0.5) is 0 Å². The van der Waals surface area contributed by atoms with E-state index >= 15 is 0 Å². The fourth-order valence-electron chi connectivity index (χ4n) is 1.60. The van der Waals surface area contributed by atoms with Gasteiger partial charge >= 0.3 is 0 Å². The molecule has 1 aromatic rings. The normalized spacial score (nSPS) is 12.4. The molecule has 0 aromatic heterocycles. The van der Waals surface area contributed by atoms with E-state index in [0.29, 0.717) is 6.04 Å². The molecule has 2 nitrogen and oxygen atoms in total. The number of rotatable bonds is 7. The maximum Gasteiger partial charge on any atom is 0.122 e. The van der Waals surface area contributed by atoms with Crippen LogP contribution in [-0.4, -0.2) is 19.2 Å². The number of nitrogens with one attached hydrogen (secondary N) is 1. The second-order valence-corrected chi connectivity index (χ2v) is 4.13. The van der Waals surface area contributed by atoms with Crippen LogP contribution in [0.2, 0.25) is 0 Å². The van der Waals surface area contributed by atoms with E-state index in [0.717, 1.165) is 31.7 Å². The van der Waals surface area contributed by atoms with Gasteiger partial charge < -0.3 is 10.1 Å². The summed E-state index contributed by atoms with van der Waals surface area (Å²) in [6, 6.07) is 8.67. The van der Waals surface area contributed by atoms with Crippen LogP contribution in [0, 0.1) is 0 Å². The average molecular weight is 221 g/mol. The van der Waals surface area contributed by atoms with Crippen LogP contribution in [0.1, 0.15) is 32.8 Å². The first-order valence-electron chi connectivity index (χ1n) is 6.22. The Hall–Kier alpha value is -1.02. The highest BCUT2D eigenvalue weighted by molar-refractivity contribution is 5.33. The molecule has 0 saturated carbocycles. The summed E-state index contributed by atoms with van der Waals surface area (Å²) < 4.78 is 5.82. The Morgan fingerprint density at radius 2 is 2.00 bits per heavy atom. The van der Waals surface area contributed by atoms with Crippen LogP contribution in [0.15, 0.2) is 24.3 Å². The summed E-state index contributed by atoms with van der Waals surface area (Å²) in [6.45, 7) is 8.27. The van der Waals surface area contributed by atoms with E-state index in [1.165, 1.54) is 5.56 Å². The monoisotopic (exact) mass is 221 g/mol. The summed E-state index contributed by atoms with van der Waals surface area (Å²) in [5, 5.41) is 3.42. The van der Waals surface area contributed by atoms with E-state index in [9.17, 15) is 0 Å². The zero-order chi connectivity index (χ0) is 11.8. The fraction of sp³-hybridized carbons (Fsp3) is 0.571. The molecule has 0 aliphatic carbocycles. The summed E-state index contributed by atoms with van der Waals surface area (Å²) in [7, 11) is 0. The van der Waals surface area contributed by atoms with Crippen molar-refractivity contribution in [2.45, 2.75) is 39.7 Å². The van der Waals surface area contributed by atoms with Crippen molar-refractivity contribution >= 4 is 0 Å². The number of hydrogen-bond acceptors (Lipinski definition) is 2. The highest BCUT2D eigenvalue weighted by Crippen LogP contribution is 2.18. The Morgan fingerprint density at radius 1 is 1.25 bits per heavy atom. The van der Waals surface area contributed by atoms with Crippen molar-refractivity contribution < 1.29 is 4.74 Å². The van der Waals surface area contributed by atoms with Crippen LogP contribution in [0.25, 0.3) is 0 Å². The predicted octanol–water partition coefficient (Wildman–Crippen LogP) is 3.02. The van der Waals surface area contributed by atoms with Crippen LogP contribution in [-0.2, 0) is 6.42 Å². The zero-order valence-corrected chi connectivity index (χ0v) is 10.6. The first kappa shape index (κ1) is 13.0. The third kappa shape index (κ3) is 4.23. The van der Waals surface area contributed by atoms with Crippen LogP contribution in [0.5, 0.6) is 5.75 Å². The molecule has 1 unspecified atom stereocenters. The van der Waals surface area contributed by atoms with Crippen LogP contribution in [0.3, 0.4) is 0 Å². The van der Waals surface area contributed by atoms with E-state index in [-0.39, 0.29) is 0 Å². The summed E-state index contributed by atoms with van der Waals surface area (Å²) in [6.07, 6.45) is 2.18. The number of hydrogen-bond donors (Lipinski definition) is 1. The summed E-state index contributed by atoms with van der Waals surface area (Å²) in [5.41, 5.74) is 1.28. The smallest absolute Gasteiger partial charge is 0.122 e. The lowest BCUT2D eigenvalue weighted by Gasteiger charge is -2.16. The van der Waals surface area contributed by atoms with Gasteiger partial charge in [-0.15, -0.1) is 0 Å². The predicted molar refractivity (Wildman–Crippen MR) is 69.1 cm³/mol. The fourth-order valence-corrected chi connectivity index (χ4v) is 1.60. The quantitative estimate of drug-likeness (QED) is 0.764. The first-order chi connectivity index (χ1) is 7.77. The van der Waals surface area contributed by atoms with Gasteiger partial charge in [-0.2, -0.15) is 0 Å². The molecule has 1 rings (SSSR count). The van der Waals surface area contributed by atoms with Gasteiger partial charge in [-0.3, -0.25) is 0 Å². The first-order valence-corrected chi connectivity index (χ1v) is 6.22. The number of aryl methyl sites for hydroxylation is 1. The molecule has 0 aliphatic rings. The minimum absolute atomic E-state index is 0.407. The van der Waals surface area contributed by atoms with Crippen molar-refractivity contribution in [3.8, 4) is 5.75 Å². The minimum Gasteiger partial charge on any atom is -0.492 e. The second-order valence-electron chi connectivity index (χ2n) is 4.13. The summed E-state index contributed by atoms with van der Waals surface area (Å²) >= 11 is 0. The van der Waals surface area contributed by atoms with Crippen molar-refractivity contribution in [3.05, 3.63) is 29.8 Å². The van der Waals surface area contributed by atoms with Crippen molar-refractivity contribution in [1.82, 2.24) is 5.32 Å². The van der Waals surface area contributed by atoms with Gasteiger partial charge in [-0.1, -0.05) is 32.0 Å². The SMILES string of the molecule is CCCNC(C)COc1ccccc1CC. The zero-order valence-electron chi connectivity index (χ0n) is 10.6. The largest absolute Gasteiger partial charge is 0.492 e. The molecule has 0 fully saturated rings. The molecule has 0 amide bonds. The maximum atomic E-state index is 5.82. The number of benzene rings is 1. The van der Waals surface area contributed by atoms with E-state index in [4.69, 9.17) is 4.74 Å². The van der Waals surface area contributed by atoms with E-state index < -0.39 is 0 Å². The molecule has 90 valence electrons. The van der Waals surface area contributed by atoms with Crippen molar-refractivity contribution in [2.75, 3.05) is 13.2 Å². The highest BCUT2D eigenvalue weighted by atomic mass is 16.5. The van der Waals surface area contributed by atoms with Gasteiger partial charge in [0.2, 0.25) is 0 Å². The van der Waals surface area contributed by atoms with Gasteiger partial charge in [-0.05, 0) is 37.9 Å². The molecule has 0 heterocycles.